The third-order valence-electron chi connectivity index (χ3n) is 5.84. The molecule has 1 aromatic carbocycles. The van der Waals surface area contributed by atoms with Gasteiger partial charge in [-0.2, -0.15) is 5.10 Å². The van der Waals surface area contributed by atoms with Crippen LogP contribution in [0.4, 0.5) is 10.3 Å². The zero-order chi connectivity index (χ0) is 22.3. The molecule has 1 saturated carbocycles. The van der Waals surface area contributed by atoms with E-state index in [1.54, 1.807) is 19.4 Å². The van der Waals surface area contributed by atoms with Crippen molar-refractivity contribution < 1.29 is 14.3 Å². The van der Waals surface area contributed by atoms with Crippen LogP contribution in [0.1, 0.15) is 37.4 Å². The number of allylic oxidation sites excluding steroid dienone is 1. The lowest BCUT2D eigenvalue weighted by Crippen LogP contribution is -2.37. The van der Waals surface area contributed by atoms with E-state index in [0.29, 0.717) is 39.6 Å². The van der Waals surface area contributed by atoms with Crippen LogP contribution in [0.25, 0.3) is 0 Å². The second-order valence-corrected chi connectivity index (χ2v) is 8.85. The average molecular weight is 457 g/mol. The van der Waals surface area contributed by atoms with Gasteiger partial charge in [-0.1, -0.05) is 29.5 Å². The van der Waals surface area contributed by atoms with Gasteiger partial charge < -0.3 is 20.2 Å². The van der Waals surface area contributed by atoms with Crippen LogP contribution in [0.15, 0.2) is 41.5 Å². The van der Waals surface area contributed by atoms with E-state index in [4.69, 9.17) is 9.47 Å². The number of nitrogens with one attached hydrogen (secondary N) is 3. The number of hydrazone groups is 1. The zero-order valence-corrected chi connectivity index (χ0v) is 19.0. The van der Waals surface area contributed by atoms with Crippen molar-refractivity contribution in [1.29, 1.82) is 0 Å². The summed E-state index contributed by atoms with van der Waals surface area (Å²) in [6.07, 6.45) is 9.55. The molecule has 2 aromatic rings. The van der Waals surface area contributed by atoms with E-state index in [1.807, 2.05) is 24.3 Å². The van der Waals surface area contributed by atoms with E-state index >= 15 is 0 Å². The molecule has 1 aliphatic heterocycles. The summed E-state index contributed by atoms with van der Waals surface area (Å²) in [5.41, 5.74) is 3.90. The van der Waals surface area contributed by atoms with Crippen LogP contribution in [0, 0.1) is 5.92 Å². The number of amides is 1. The summed E-state index contributed by atoms with van der Waals surface area (Å²) in [6.45, 7) is 0. The Labute approximate surface area is 191 Å². The van der Waals surface area contributed by atoms with Crippen molar-refractivity contribution in [3.8, 4) is 5.75 Å². The zero-order valence-electron chi connectivity index (χ0n) is 18.2. The molecule has 4 rings (SSSR count). The van der Waals surface area contributed by atoms with E-state index in [0.717, 1.165) is 25.7 Å². The Morgan fingerprint density at radius 2 is 2.00 bits per heavy atom. The summed E-state index contributed by atoms with van der Waals surface area (Å²) in [4.78, 5) is 12.7. The van der Waals surface area contributed by atoms with Gasteiger partial charge in [0.25, 0.3) is 5.91 Å². The molecular weight excluding hydrogens is 428 g/mol. The van der Waals surface area contributed by atoms with Crippen molar-refractivity contribution in [2.75, 3.05) is 24.9 Å². The molecule has 32 heavy (non-hydrogen) atoms. The van der Waals surface area contributed by atoms with Gasteiger partial charge in [0.15, 0.2) is 6.10 Å². The first kappa shape index (κ1) is 22.2. The average Bonchev–Trinajstić information content (AvgIpc) is 3.27. The number of hydrogen-bond donors (Lipinski definition) is 3. The lowest BCUT2D eigenvalue weighted by Gasteiger charge is -2.33. The van der Waals surface area contributed by atoms with Crippen molar-refractivity contribution in [2.45, 2.75) is 43.9 Å². The first-order valence-corrected chi connectivity index (χ1v) is 11.5. The second kappa shape index (κ2) is 10.6. The van der Waals surface area contributed by atoms with E-state index < -0.39 is 6.10 Å². The van der Waals surface area contributed by atoms with Crippen molar-refractivity contribution in [3.05, 3.63) is 42.0 Å². The van der Waals surface area contributed by atoms with Gasteiger partial charge >= 0.3 is 0 Å². The number of carbonyl (C=O) groups excluding carboxylic acids is 1. The maximum Gasteiger partial charge on any atom is 0.259 e. The summed E-state index contributed by atoms with van der Waals surface area (Å²) >= 11 is 1.33. The first-order chi connectivity index (χ1) is 15.7. The van der Waals surface area contributed by atoms with E-state index in [1.165, 1.54) is 18.4 Å². The number of rotatable bonds is 8. The summed E-state index contributed by atoms with van der Waals surface area (Å²) < 4.78 is 10.6. The van der Waals surface area contributed by atoms with Crippen LogP contribution in [-0.4, -0.2) is 48.6 Å². The quantitative estimate of drug-likeness (QED) is 0.559. The van der Waals surface area contributed by atoms with Crippen LogP contribution in [-0.2, 0) is 9.53 Å². The third kappa shape index (κ3) is 5.43. The smallest absolute Gasteiger partial charge is 0.259 e. The molecular formula is C22H28N6O3S. The highest BCUT2D eigenvalue weighted by molar-refractivity contribution is 7.19. The molecule has 1 aliphatic carbocycles. The molecule has 1 aromatic heterocycles. The van der Waals surface area contributed by atoms with Gasteiger partial charge in [-0.15, -0.1) is 10.2 Å². The Kier molecular flexibility index (Phi) is 7.33. The Morgan fingerprint density at radius 1 is 1.19 bits per heavy atom. The van der Waals surface area contributed by atoms with Gasteiger partial charge in [0.2, 0.25) is 10.3 Å². The minimum absolute atomic E-state index is 0.306. The van der Waals surface area contributed by atoms with Gasteiger partial charge in [0, 0.05) is 19.4 Å². The number of benzene rings is 1. The molecule has 0 spiro atoms. The van der Waals surface area contributed by atoms with Crippen LogP contribution in [0.3, 0.4) is 0 Å². The Balaban J connectivity index is 1.29. The lowest BCUT2D eigenvalue weighted by molar-refractivity contribution is -0.126. The second-order valence-electron chi connectivity index (χ2n) is 7.87. The number of aromatic nitrogens is 2. The van der Waals surface area contributed by atoms with E-state index in [9.17, 15) is 4.79 Å². The number of methoxy groups -OCH3 is 2. The minimum Gasteiger partial charge on any atom is -0.497 e. The number of ether oxygens (including phenoxy) is 2. The molecule has 2 atom stereocenters. The summed E-state index contributed by atoms with van der Waals surface area (Å²) in [7, 11) is 3.08. The molecule has 2 aliphatic rings. The molecule has 0 bridgehead atoms. The van der Waals surface area contributed by atoms with Crippen LogP contribution in [0.2, 0.25) is 0 Å². The lowest BCUT2D eigenvalue weighted by atomic mass is 9.81. The Hall–Kier alpha value is -2.98. The highest BCUT2D eigenvalue weighted by atomic mass is 32.1. The maximum absolute atomic E-state index is 12.7. The molecule has 170 valence electrons. The van der Waals surface area contributed by atoms with E-state index in [-0.39, 0.29) is 5.91 Å². The largest absolute Gasteiger partial charge is 0.497 e. The van der Waals surface area contributed by atoms with Gasteiger partial charge in [-0.25, -0.2) is 0 Å². The molecule has 1 unspecified atom stereocenters. The highest BCUT2D eigenvalue weighted by Crippen LogP contribution is 2.31. The molecule has 2 heterocycles. The molecule has 10 heteroatoms. The minimum atomic E-state index is -0.771. The molecule has 0 saturated heterocycles. The van der Waals surface area contributed by atoms with Crippen LogP contribution < -0.4 is 20.8 Å². The molecule has 9 nitrogen and oxygen atoms in total. The molecule has 1 amide bonds. The van der Waals surface area contributed by atoms with Crippen molar-refractivity contribution in [1.82, 2.24) is 15.6 Å². The maximum atomic E-state index is 12.7. The molecule has 0 radical (unpaired) electrons. The fourth-order valence-electron chi connectivity index (χ4n) is 4.15. The fourth-order valence-corrected chi connectivity index (χ4v) is 4.87. The number of carbonyl (C=O) groups is 1. The fraction of sp³-hybridized carbons (Fsp3) is 0.455. The summed E-state index contributed by atoms with van der Waals surface area (Å²) in [5.74, 6) is 0.950. The van der Waals surface area contributed by atoms with Crippen molar-refractivity contribution in [3.63, 3.8) is 0 Å². The predicted octanol–water partition coefficient (Wildman–Crippen LogP) is 3.36. The molecule has 3 N–H and O–H groups in total. The number of hydrogen-bond acceptors (Lipinski definition) is 9. The van der Waals surface area contributed by atoms with E-state index in [2.05, 4.69) is 37.4 Å². The normalized spacial score (nSPS) is 23.2. The predicted molar refractivity (Wildman–Crippen MR) is 125 cm³/mol. The summed E-state index contributed by atoms with van der Waals surface area (Å²) in [6, 6.07) is 7.92. The van der Waals surface area contributed by atoms with Crippen molar-refractivity contribution in [2.24, 2.45) is 11.0 Å². The summed E-state index contributed by atoms with van der Waals surface area (Å²) in [5, 5.41) is 19.9. The first-order valence-electron chi connectivity index (χ1n) is 10.7. The van der Waals surface area contributed by atoms with Gasteiger partial charge in [-0.3, -0.25) is 10.1 Å². The number of nitrogens with zero attached hydrogens (tertiary/aromatic N) is 3. The molecule has 1 fully saturated rings. The Morgan fingerprint density at radius 3 is 2.72 bits per heavy atom. The topological polar surface area (TPSA) is 110 Å². The van der Waals surface area contributed by atoms with Crippen LogP contribution >= 0.6 is 11.3 Å². The van der Waals surface area contributed by atoms with Gasteiger partial charge in [-0.05, 0) is 55.4 Å². The third-order valence-corrected chi connectivity index (χ3v) is 6.61. The SMILES string of the molecule is COc1cccc(C(OC)C(=O)Nc2nnc(NC3CCC([C@H]4C=CC=NN4)CC3)s2)c1. The monoisotopic (exact) mass is 456 g/mol. The standard InChI is InChI=1S/C22H28N6O3S/c1-30-17-6-3-5-15(13-17)19(31-2)20(29)25-22-28-27-21(32-22)24-16-10-8-14(9-11-16)18-7-4-12-23-26-18/h3-7,12-14,16,18-19,26H,8-11H2,1-2H3,(H,24,27)(H,25,28,29)/t14?,16?,18-,19?/m1/s1. The van der Waals surface area contributed by atoms with Gasteiger partial charge in [0.05, 0.1) is 13.2 Å². The van der Waals surface area contributed by atoms with Crippen LogP contribution in [0.5, 0.6) is 5.75 Å². The highest BCUT2D eigenvalue weighted by Gasteiger charge is 2.27. The Bertz CT molecular complexity index is 970. The van der Waals surface area contributed by atoms with Gasteiger partial charge in [0.1, 0.15) is 5.75 Å². The van der Waals surface area contributed by atoms with Crippen molar-refractivity contribution >= 4 is 33.7 Å². The number of anilines is 2.